The highest BCUT2D eigenvalue weighted by molar-refractivity contribution is 5.94. The van der Waals surface area contributed by atoms with Crippen molar-refractivity contribution in [3.63, 3.8) is 0 Å². The van der Waals surface area contributed by atoms with E-state index in [0.29, 0.717) is 23.4 Å². The fourth-order valence-corrected chi connectivity index (χ4v) is 4.14. The number of hydrogen-bond donors (Lipinski definition) is 2. The van der Waals surface area contributed by atoms with Gasteiger partial charge < -0.3 is 10.4 Å². The quantitative estimate of drug-likeness (QED) is 0.547. The molecule has 1 aliphatic rings. The fraction of sp³-hybridized carbons (Fsp3) is 0.259. The summed E-state index contributed by atoms with van der Waals surface area (Å²) >= 11 is 0. The zero-order valence-electron chi connectivity index (χ0n) is 18.1. The van der Waals surface area contributed by atoms with Crippen molar-refractivity contribution >= 4 is 5.91 Å². The summed E-state index contributed by atoms with van der Waals surface area (Å²) in [5.41, 5.74) is 5.75. The van der Waals surface area contributed by atoms with Crippen LogP contribution in [0.1, 0.15) is 39.9 Å². The molecule has 5 heteroatoms. The number of hydrogen-bond acceptors (Lipinski definition) is 4. The average molecular weight is 426 g/mol. The number of carbonyl (C=O) groups is 1. The molecule has 0 saturated heterocycles. The minimum Gasteiger partial charge on any atom is -0.508 e. The van der Waals surface area contributed by atoms with E-state index < -0.39 is 0 Å². The largest absolute Gasteiger partial charge is 0.508 e. The second-order valence-electron chi connectivity index (χ2n) is 8.21. The lowest BCUT2D eigenvalue weighted by Crippen LogP contribution is -2.32. The lowest BCUT2D eigenvalue weighted by atomic mass is 9.99. The minimum absolute atomic E-state index is 0.0651. The molecule has 1 amide bonds. The van der Waals surface area contributed by atoms with E-state index in [0.717, 1.165) is 50.0 Å². The Hall–Kier alpha value is -3.62. The highest BCUT2D eigenvalue weighted by atomic mass is 16.3. The highest BCUT2D eigenvalue weighted by Crippen LogP contribution is 2.23. The predicted molar refractivity (Wildman–Crippen MR) is 125 cm³/mol. The number of unbranched alkanes of at least 4 members (excludes halogenated alkanes) is 1. The molecule has 1 heterocycles. The van der Waals surface area contributed by atoms with E-state index in [1.165, 1.54) is 11.1 Å². The first-order valence-electron chi connectivity index (χ1n) is 11.0. The number of benzene rings is 3. The fourth-order valence-electron chi connectivity index (χ4n) is 4.14. The molecule has 5 nitrogen and oxygen atoms in total. The highest BCUT2D eigenvalue weighted by Gasteiger charge is 2.16. The van der Waals surface area contributed by atoms with Crippen molar-refractivity contribution in [1.29, 1.82) is 5.26 Å². The summed E-state index contributed by atoms with van der Waals surface area (Å²) in [5.74, 6) is 0.265. The Morgan fingerprint density at radius 2 is 1.84 bits per heavy atom. The predicted octanol–water partition coefficient (Wildman–Crippen LogP) is 4.50. The van der Waals surface area contributed by atoms with Gasteiger partial charge in [-0.15, -0.1) is 0 Å². The molecule has 0 fully saturated rings. The molecule has 2 N–H and O–H groups in total. The van der Waals surface area contributed by atoms with Gasteiger partial charge in [-0.05, 0) is 84.5 Å². The lowest BCUT2D eigenvalue weighted by molar-refractivity contribution is 0.0952. The number of amides is 1. The molecule has 4 rings (SSSR count). The normalized spacial score (nSPS) is 13.2. The summed E-state index contributed by atoms with van der Waals surface area (Å²) in [7, 11) is 0. The molecule has 0 unspecified atom stereocenters. The Morgan fingerprint density at radius 3 is 2.66 bits per heavy atom. The second kappa shape index (κ2) is 10.1. The van der Waals surface area contributed by atoms with Crippen LogP contribution >= 0.6 is 0 Å². The molecule has 3 aromatic rings. The molecule has 0 aliphatic carbocycles. The van der Waals surface area contributed by atoms with Crippen LogP contribution in [0.25, 0.3) is 11.1 Å². The second-order valence-corrected chi connectivity index (χ2v) is 8.21. The molecule has 1 aliphatic heterocycles. The molecule has 0 aromatic heterocycles. The van der Waals surface area contributed by atoms with Crippen molar-refractivity contribution in [3.8, 4) is 22.9 Å². The van der Waals surface area contributed by atoms with Crippen LogP contribution in [0.5, 0.6) is 5.75 Å². The summed E-state index contributed by atoms with van der Waals surface area (Å²) in [6, 6.07) is 22.7. The monoisotopic (exact) mass is 425 g/mol. The van der Waals surface area contributed by atoms with Crippen LogP contribution in [0.3, 0.4) is 0 Å². The van der Waals surface area contributed by atoms with Gasteiger partial charge in [0.1, 0.15) is 5.75 Å². The molecule has 162 valence electrons. The zero-order chi connectivity index (χ0) is 22.3. The Kier molecular flexibility index (Phi) is 6.84. The molecule has 0 atom stereocenters. The Labute approximate surface area is 188 Å². The third kappa shape index (κ3) is 5.35. The van der Waals surface area contributed by atoms with Gasteiger partial charge in [-0.1, -0.05) is 30.3 Å². The summed E-state index contributed by atoms with van der Waals surface area (Å²) in [4.78, 5) is 14.8. The average Bonchev–Trinajstić information content (AvgIpc) is 2.83. The first-order chi connectivity index (χ1) is 15.6. The number of phenols is 1. The van der Waals surface area contributed by atoms with Gasteiger partial charge in [-0.25, -0.2) is 0 Å². The van der Waals surface area contributed by atoms with Gasteiger partial charge in [-0.2, -0.15) is 5.26 Å². The van der Waals surface area contributed by atoms with Gasteiger partial charge in [0.15, 0.2) is 0 Å². The summed E-state index contributed by atoms with van der Waals surface area (Å²) in [5, 5.41) is 21.7. The number of fused-ring (bicyclic) bond motifs is 1. The van der Waals surface area contributed by atoms with Crippen molar-refractivity contribution < 1.29 is 9.90 Å². The molecule has 0 radical (unpaired) electrons. The van der Waals surface area contributed by atoms with Gasteiger partial charge in [0, 0.05) is 25.2 Å². The smallest absolute Gasteiger partial charge is 0.251 e. The van der Waals surface area contributed by atoms with Gasteiger partial charge in [0.2, 0.25) is 0 Å². The number of phenolic OH excluding ortho intramolecular Hbond substituents is 1. The van der Waals surface area contributed by atoms with Gasteiger partial charge in [0.25, 0.3) is 5.91 Å². The van der Waals surface area contributed by atoms with E-state index in [1.54, 1.807) is 12.1 Å². The maximum Gasteiger partial charge on any atom is 0.251 e. The SMILES string of the molecule is N#Cc1cccc(-c2ccc(C(=O)NCCCCN3CCc4ccc(O)cc4C3)cc2)c1. The van der Waals surface area contributed by atoms with E-state index in [4.69, 9.17) is 5.26 Å². The zero-order valence-corrected chi connectivity index (χ0v) is 18.1. The molecular weight excluding hydrogens is 398 g/mol. The molecule has 0 spiro atoms. The van der Waals surface area contributed by atoms with Crippen molar-refractivity contribution in [3.05, 3.63) is 89.0 Å². The summed E-state index contributed by atoms with van der Waals surface area (Å²) < 4.78 is 0. The van der Waals surface area contributed by atoms with Gasteiger partial charge in [0.05, 0.1) is 11.6 Å². The van der Waals surface area contributed by atoms with Crippen molar-refractivity contribution in [2.45, 2.75) is 25.8 Å². The molecular formula is C27H27N3O2. The molecule has 32 heavy (non-hydrogen) atoms. The van der Waals surface area contributed by atoms with Crippen LogP contribution in [0.15, 0.2) is 66.7 Å². The first-order valence-corrected chi connectivity index (χ1v) is 11.0. The maximum atomic E-state index is 12.4. The van der Waals surface area contributed by atoms with E-state index in [9.17, 15) is 9.90 Å². The number of nitrogens with one attached hydrogen (secondary N) is 1. The summed E-state index contributed by atoms with van der Waals surface area (Å²) in [6.45, 7) is 3.55. The van der Waals surface area contributed by atoms with Crippen molar-refractivity contribution in [2.75, 3.05) is 19.6 Å². The Morgan fingerprint density at radius 1 is 1.00 bits per heavy atom. The molecule has 0 saturated carbocycles. The van der Waals surface area contributed by atoms with E-state index >= 15 is 0 Å². The third-order valence-corrected chi connectivity index (χ3v) is 5.94. The van der Waals surface area contributed by atoms with E-state index in [2.05, 4.69) is 16.3 Å². The maximum absolute atomic E-state index is 12.4. The lowest BCUT2D eigenvalue weighted by Gasteiger charge is -2.28. The number of carbonyl (C=O) groups excluding carboxylic acids is 1. The molecule has 3 aromatic carbocycles. The molecule has 0 bridgehead atoms. The Balaban J connectivity index is 1.20. The standard InChI is InChI=1S/C27H27N3O2/c28-18-20-4-3-5-24(16-20)21-6-8-23(9-7-21)27(32)29-13-1-2-14-30-15-12-22-10-11-26(31)17-25(22)19-30/h3-11,16-17,31H,1-2,12-15,19H2,(H,29,32). The van der Waals surface area contributed by atoms with Crippen molar-refractivity contribution in [2.24, 2.45) is 0 Å². The van der Waals surface area contributed by atoms with Crippen LogP contribution in [-0.4, -0.2) is 35.5 Å². The number of rotatable bonds is 7. The number of aromatic hydroxyl groups is 1. The third-order valence-electron chi connectivity index (χ3n) is 5.94. The first kappa shape index (κ1) is 21.6. The van der Waals surface area contributed by atoms with Gasteiger partial charge in [-0.3, -0.25) is 9.69 Å². The van der Waals surface area contributed by atoms with Crippen LogP contribution in [-0.2, 0) is 13.0 Å². The van der Waals surface area contributed by atoms with E-state index in [-0.39, 0.29) is 5.91 Å². The van der Waals surface area contributed by atoms with Crippen LogP contribution in [0.2, 0.25) is 0 Å². The topological polar surface area (TPSA) is 76.4 Å². The van der Waals surface area contributed by atoms with Crippen LogP contribution < -0.4 is 5.32 Å². The Bertz CT molecular complexity index is 1130. The van der Waals surface area contributed by atoms with Gasteiger partial charge >= 0.3 is 0 Å². The van der Waals surface area contributed by atoms with E-state index in [1.807, 2.05) is 54.6 Å². The van der Waals surface area contributed by atoms with Crippen LogP contribution in [0.4, 0.5) is 0 Å². The van der Waals surface area contributed by atoms with Crippen LogP contribution in [0, 0.1) is 11.3 Å². The minimum atomic E-state index is -0.0651. The summed E-state index contributed by atoms with van der Waals surface area (Å²) in [6.07, 6.45) is 2.96. The van der Waals surface area contributed by atoms with Crippen molar-refractivity contribution in [1.82, 2.24) is 10.2 Å². The number of nitriles is 1. The number of nitrogens with zero attached hydrogens (tertiary/aromatic N) is 2.